The summed E-state index contributed by atoms with van der Waals surface area (Å²) in [4.78, 5) is 4.22. The van der Waals surface area contributed by atoms with Crippen LogP contribution < -0.4 is 4.74 Å². The van der Waals surface area contributed by atoms with E-state index in [0.717, 1.165) is 12.8 Å². The van der Waals surface area contributed by atoms with Crippen LogP contribution in [0.1, 0.15) is 30.5 Å². The predicted octanol–water partition coefficient (Wildman–Crippen LogP) is 3.43. The summed E-state index contributed by atoms with van der Waals surface area (Å²) in [5.74, 6) is 1.67. The normalized spacial score (nSPS) is 14.8. The van der Waals surface area contributed by atoms with Gasteiger partial charge in [0.15, 0.2) is 6.61 Å². The molecule has 1 aliphatic rings. The zero-order valence-electron chi connectivity index (χ0n) is 9.40. The van der Waals surface area contributed by atoms with Crippen molar-refractivity contribution in [3.8, 4) is 5.75 Å². The average molecular weight is 313 g/mol. The van der Waals surface area contributed by atoms with Crippen molar-refractivity contribution in [2.75, 3.05) is 0 Å². The maximum atomic E-state index is 13.2. The van der Waals surface area contributed by atoms with Gasteiger partial charge in [-0.25, -0.2) is 4.39 Å². The van der Waals surface area contributed by atoms with Gasteiger partial charge >= 0.3 is 0 Å². The van der Waals surface area contributed by atoms with E-state index in [1.807, 2.05) is 0 Å². The van der Waals surface area contributed by atoms with Crippen LogP contribution in [0.4, 0.5) is 4.39 Å². The van der Waals surface area contributed by atoms with Crippen molar-refractivity contribution in [3.63, 3.8) is 0 Å². The fourth-order valence-corrected chi connectivity index (χ4v) is 1.78. The lowest BCUT2D eigenvalue weighted by Crippen LogP contribution is -1.98. The van der Waals surface area contributed by atoms with Crippen molar-refractivity contribution in [1.29, 1.82) is 0 Å². The van der Waals surface area contributed by atoms with E-state index in [0.29, 0.717) is 27.9 Å². The molecule has 0 unspecified atom stereocenters. The van der Waals surface area contributed by atoms with Crippen LogP contribution in [0.25, 0.3) is 0 Å². The third kappa shape index (κ3) is 2.53. The van der Waals surface area contributed by atoms with Gasteiger partial charge in [-0.1, -0.05) is 5.16 Å². The molecule has 1 aromatic carbocycles. The molecular formula is C12H10BrFN2O2. The van der Waals surface area contributed by atoms with E-state index in [1.54, 1.807) is 12.1 Å². The highest BCUT2D eigenvalue weighted by Crippen LogP contribution is 2.38. The standard InChI is InChI=1S/C12H10BrFN2O2/c13-9-4-3-8(5-10(9)14)17-6-11-15-12(18-16-11)7-1-2-7/h3-5,7H,1-2,6H2. The van der Waals surface area contributed by atoms with E-state index in [9.17, 15) is 4.39 Å². The number of hydrogen-bond donors (Lipinski definition) is 0. The van der Waals surface area contributed by atoms with Crippen molar-refractivity contribution < 1.29 is 13.7 Å². The minimum absolute atomic E-state index is 0.178. The molecule has 0 aliphatic heterocycles. The number of rotatable bonds is 4. The first-order valence-electron chi connectivity index (χ1n) is 5.63. The van der Waals surface area contributed by atoms with Gasteiger partial charge in [-0.3, -0.25) is 0 Å². The van der Waals surface area contributed by atoms with E-state index >= 15 is 0 Å². The highest BCUT2D eigenvalue weighted by molar-refractivity contribution is 9.10. The second-order valence-electron chi connectivity index (χ2n) is 4.19. The molecule has 0 amide bonds. The minimum atomic E-state index is -0.362. The molecule has 1 fully saturated rings. The Morgan fingerprint density at radius 3 is 3.00 bits per heavy atom. The van der Waals surface area contributed by atoms with Gasteiger partial charge in [-0.15, -0.1) is 0 Å². The SMILES string of the molecule is Fc1cc(OCc2noc(C3CC3)n2)ccc1Br. The lowest BCUT2D eigenvalue weighted by Gasteiger charge is -2.03. The summed E-state index contributed by atoms with van der Waals surface area (Å²) in [5.41, 5.74) is 0. The molecule has 4 nitrogen and oxygen atoms in total. The van der Waals surface area contributed by atoms with Gasteiger partial charge in [0, 0.05) is 12.0 Å². The van der Waals surface area contributed by atoms with Crippen LogP contribution in [0.15, 0.2) is 27.2 Å². The Hall–Kier alpha value is -1.43. The van der Waals surface area contributed by atoms with Crippen molar-refractivity contribution in [2.24, 2.45) is 0 Å². The summed E-state index contributed by atoms with van der Waals surface area (Å²) in [7, 11) is 0. The summed E-state index contributed by atoms with van der Waals surface area (Å²) < 4.78 is 24.1. The minimum Gasteiger partial charge on any atom is -0.485 e. The Balaban J connectivity index is 1.63. The number of ether oxygens (including phenoxy) is 1. The lowest BCUT2D eigenvalue weighted by molar-refractivity contribution is 0.284. The molecule has 6 heteroatoms. The van der Waals surface area contributed by atoms with E-state index in [4.69, 9.17) is 9.26 Å². The predicted molar refractivity (Wildman–Crippen MR) is 64.7 cm³/mol. The molecule has 0 spiro atoms. The Bertz CT molecular complexity index is 569. The van der Waals surface area contributed by atoms with Crippen molar-refractivity contribution >= 4 is 15.9 Å². The first-order valence-corrected chi connectivity index (χ1v) is 6.42. The van der Waals surface area contributed by atoms with Crippen LogP contribution in [-0.4, -0.2) is 10.1 Å². The van der Waals surface area contributed by atoms with Crippen LogP contribution in [-0.2, 0) is 6.61 Å². The monoisotopic (exact) mass is 312 g/mol. The van der Waals surface area contributed by atoms with Crippen molar-refractivity contribution in [3.05, 3.63) is 40.2 Å². The van der Waals surface area contributed by atoms with Gasteiger partial charge in [0.1, 0.15) is 11.6 Å². The highest BCUT2D eigenvalue weighted by Gasteiger charge is 2.29. The van der Waals surface area contributed by atoms with Crippen molar-refractivity contribution in [2.45, 2.75) is 25.4 Å². The van der Waals surface area contributed by atoms with Gasteiger partial charge in [-0.2, -0.15) is 4.98 Å². The van der Waals surface area contributed by atoms with Crippen LogP contribution in [0.5, 0.6) is 5.75 Å². The van der Waals surface area contributed by atoms with Crippen LogP contribution in [0, 0.1) is 5.82 Å². The molecule has 18 heavy (non-hydrogen) atoms. The Kier molecular flexibility index (Phi) is 3.03. The summed E-state index contributed by atoms with van der Waals surface area (Å²) in [5, 5.41) is 3.82. The second kappa shape index (κ2) is 4.68. The number of nitrogens with zero attached hydrogens (tertiary/aromatic N) is 2. The van der Waals surface area contributed by atoms with Gasteiger partial charge in [0.05, 0.1) is 4.47 Å². The molecule has 0 N–H and O–H groups in total. The number of aromatic nitrogens is 2. The largest absolute Gasteiger partial charge is 0.485 e. The molecule has 0 bridgehead atoms. The molecule has 1 heterocycles. The van der Waals surface area contributed by atoms with Crippen LogP contribution in [0.2, 0.25) is 0 Å². The molecular weight excluding hydrogens is 303 g/mol. The second-order valence-corrected chi connectivity index (χ2v) is 5.04. The molecule has 94 valence electrons. The highest BCUT2D eigenvalue weighted by atomic mass is 79.9. The van der Waals surface area contributed by atoms with Gasteiger partial charge in [-0.05, 0) is 40.9 Å². The van der Waals surface area contributed by atoms with E-state index in [2.05, 4.69) is 26.1 Å². The third-order valence-corrected chi connectivity index (χ3v) is 3.31. The fourth-order valence-electron chi connectivity index (χ4n) is 1.54. The van der Waals surface area contributed by atoms with E-state index < -0.39 is 0 Å². The zero-order chi connectivity index (χ0) is 12.5. The van der Waals surface area contributed by atoms with Crippen molar-refractivity contribution in [1.82, 2.24) is 10.1 Å². The first kappa shape index (κ1) is 11.6. The Labute approximate surface area is 111 Å². The van der Waals surface area contributed by atoms with Crippen LogP contribution in [0.3, 0.4) is 0 Å². The quantitative estimate of drug-likeness (QED) is 0.868. The molecule has 1 aliphatic carbocycles. The molecule has 0 saturated heterocycles. The summed E-state index contributed by atoms with van der Waals surface area (Å²) >= 11 is 3.08. The average Bonchev–Trinajstić information content (AvgIpc) is 3.11. The van der Waals surface area contributed by atoms with Gasteiger partial charge in [0.25, 0.3) is 0 Å². The van der Waals surface area contributed by atoms with E-state index in [-0.39, 0.29) is 12.4 Å². The molecule has 3 rings (SSSR count). The third-order valence-electron chi connectivity index (χ3n) is 2.67. The number of benzene rings is 1. The number of halogens is 2. The van der Waals surface area contributed by atoms with E-state index in [1.165, 1.54) is 6.07 Å². The Morgan fingerprint density at radius 2 is 2.28 bits per heavy atom. The topological polar surface area (TPSA) is 48.2 Å². The molecule has 1 aromatic heterocycles. The maximum Gasteiger partial charge on any atom is 0.229 e. The summed E-state index contributed by atoms with van der Waals surface area (Å²) in [6.45, 7) is 0.178. The molecule has 0 atom stereocenters. The maximum absolute atomic E-state index is 13.2. The lowest BCUT2D eigenvalue weighted by atomic mass is 10.3. The summed E-state index contributed by atoms with van der Waals surface area (Å²) in [6.07, 6.45) is 2.22. The number of hydrogen-bond acceptors (Lipinski definition) is 4. The zero-order valence-corrected chi connectivity index (χ0v) is 11.0. The smallest absolute Gasteiger partial charge is 0.229 e. The van der Waals surface area contributed by atoms with Gasteiger partial charge < -0.3 is 9.26 Å². The summed E-state index contributed by atoms with van der Waals surface area (Å²) in [6, 6.07) is 4.58. The van der Waals surface area contributed by atoms with Crippen LogP contribution >= 0.6 is 15.9 Å². The molecule has 1 saturated carbocycles. The first-order chi connectivity index (χ1) is 8.72. The molecule has 2 aromatic rings. The molecule has 0 radical (unpaired) electrons. The Morgan fingerprint density at radius 1 is 1.44 bits per heavy atom. The fraction of sp³-hybridized carbons (Fsp3) is 0.333. The van der Waals surface area contributed by atoms with Gasteiger partial charge in [0.2, 0.25) is 11.7 Å².